The number of quaternary nitrogens is 1. The first kappa shape index (κ1) is 11.8. The van der Waals surface area contributed by atoms with E-state index in [9.17, 15) is 9.59 Å². The number of hydroxylamine groups is 3. The number of nitrogens with zero attached hydrogens (tertiary/aromatic N) is 1. The SMILES string of the molecule is CNC(=O)O[N+](C)(C(N)=O)C(C)=S. The van der Waals surface area contributed by atoms with Crippen LogP contribution in [0.1, 0.15) is 6.92 Å². The van der Waals surface area contributed by atoms with Crippen LogP contribution in [-0.2, 0) is 4.84 Å². The van der Waals surface area contributed by atoms with Crippen molar-refractivity contribution in [2.24, 2.45) is 5.73 Å². The lowest BCUT2D eigenvalue weighted by atomic mass is 10.6. The van der Waals surface area contributed by atoms with Gasteiger partial charge >= 0.3 is 12.1 Å². The molecule has 0 spiro atoms. The molecule has 1 atom stereocenters. The van der Waals surface area contributed by atoms with E-state index < -0.39 is 16.8 Å². The van der Waals surface area contributed by atoms with Crippen molar-refractivity contribution >= 4 is 29.3 Å². The maximum absolute atomic E-state index is 10.9. The second-order valence-corrected chi connectivity index (χ2v) is 3.00. The van der Waals surface area contributed by atoms with Gasteiger partial charge in [0.15, 0.2) is 0 Å². The highest BCUT2D eigenvalue weighted by Crippen LogP contribution is 2.06. The van der Waals surface area contributed by atoms with Gasteiger partial charge in [-0.3, -0.25) is 0 Å². The Bertz CT molecular complexity index is 240. The van der Waals surface area contributed by atoms with E-state index in [1.807, 2.05) is 0 Å². The zero-order valence-electron chi connectivity index (χ0n) is 7.66. The van der Waals surface area contributed by atoms with Crippen molar-refractivity contribution in [3.63, 3.8) is 0 Å². The Kier molecular flexibility index (Phi) is 3.76. The van der Waals surface area contributed by atoms with E-state index in [-0.39, 0.29) is 4.99 Å². The van der Waals surface area contributed by atoms with Crippen molar-refractivity contribution in [1.82, 2.24) is 5.32 Å². The van der Waals surface area contributed by atoms with Gasteiger partial charge in [0, 0.05) is 14.0 Å². The molecule has 3 N–H and O–H groups in total. The lowest BCUT2D eigenvalue weighted by Gasteiger charge is -2.23. The maximum atomic E-state index is 10.9. The van der Waals surface area contributed by atoms with Crippen molar-refractivity contribution in [3.8, 4) is 0 Å². The Labute approximate surface area is 81.2 Å². The maximum Gasteiger partial charge on any atom is 0.463 e. The average Bonchev–Trinajstić information content (AvgIpc) is 2.03. The van der Waals surface area contributed by atoms with Crippen LogP contribution in [0.15, 0.2) is 0 Å². The molecule has 13 heavy (non-hydrogen) atoms. The number of hydrogen-bond acceptors (Lipinski definition) is 4. The molecule has 0 rings (SSSR count). The number of amides is 3. The molecule has 0 aromatic heterocycles. The summed E-state index contributed by atoms with van der Waals surface area (Å²) in [6.45, 7) is 1.46. The van der Waals surface area contributed by atoms with Gasteiger partial charge in [-0.25, -0.2) is 14.4 Å². The summed E-state index contributed by atoms with van der Waals surface area (Å²) < 4.78 is -0.838. The Morgan fingerprint density at radius 3 is 2.23 bits per heavy atom. The molecule has 6 nitrogen and oxygen atoms in total. The summed E-state index contributed by atoms with van der Waals surface area (Å²) in [5.41, 5.74) is 5.02. The average molecular weight is 206 g/mol. The lowest BCUT2D eigenvalue weighted by Crippen LogP contribution is -2.56. The van der Waals surface area contributed by atoms with Crippen molar-refractivity contribution in [1.29, 1.82) is 0 Å². The zero-order valence-corrected chi connectivity index (χ0v) is 8.47. The first-order chi connectivity index (χ1) is 5.84. The molecular formula is C6H12N3O3S+. The minimum atomic E-state index is -0.851. The van der Waals surface area contributed by atoms with Gasteiger partial charge in [-0.2, -0.15) is 0 Å². The predicted molar refractivity (Wildman–Crippen MR) is 49.6 cm³/mol. The standard InChI is InChI=1S/C6H11N3O3S/c1-4(13)9(3,5(7)10)12-6(11)8-2/h1-3H3,(H2-,7,8,10,11)/p+1. The van der Waals surface area contributed by atoms with Crippen LogP contribution in [0.3, 0.4) is 0 Å². The van der Waals surface area contributed by atoms with Gasteiger partial charge < -0.3 is 11.1 Å². The molecule has 0 aromatic rings. The summed E-state index contributed by atoms with van der Waals surface area (Å²) in [4.78, 5) is 26.6. The number of nitrogens with one attached hydrogen (secondary N) is 1. The molecule has 74 valence electrons. The van der Waals surface area contributed by atoms with Gasteiger partial charge in [0.2, 0.25) is 4.99 Å². The third-order valence-corrected chi connectivity index (χ3v) is 1.84. The van der Waals surface area contributed by atoms with Crippen molar-refractivity contribution in [2.45, 2.75) is 6.92 Å². The summed E-state index contributed by atoms with van der Waals surface area (Å²) in [5.74, 6) is 0. The number of urea groups is 1. The summed E-state index contributed by atoms with van der Waals surface area (Å²) in [7, 11) is 2.66. The second-order valence-electron chi connectivity index (χ2n) is 2.41. The highest BCUT2D eigenvalue weighted by Gasteiger charge is 2.38. The number of thiocarbonyl (C=S) groups is 1. The van der Waals surface area contributed by atoms with E-state index in [4.69, 9.17) is 18.0 Å². The third-order valence-electron chi connectivity index (χ3n) is 1.49. The Morgan fingerprint density at radius 1 is 1.54 bits per heavy atom. The Morgan fingerprint density at radius 2 is 2.00 bits per heavy atom. The van der Waals surface area contributed by atoms with Crippen LogP contribution >= 0.6 is 12.2 Å². The monoisotopic (exact) mass is 206 g/mol. The molecule has 0 saturated carbocycles. The molecule has 0 saturated heterocycles. The summed E-state index contributed by atoms with van der Waals surface area (Å²) in [6, 6.07) is -0.851. The summed E-state index contributed by atoms with van der Waals surface area (Å²) >= 11 is 4.74. The molecule has 0 radical (unpaired) electrons. The van der Waals surface area contributed by atoms with Crippen LogP contribution in [0.5, 0.6) is 0 Å². The Hall–Kier alpha value is -1.21. The van der Waals surface area contributed by atoms with Gasteiger partial charge in [-0.15, -0.1) is 0 Å². The van der Waals surface area contributed by atoms with Crippen molar-refractivity contribution in [2.75, 3.05) is 14.1 Å². The van der Waals surface area contributed by atoms with Crippen LogP contribution < -0.4 is 11.1 Å². The lowest BCUT2D eigenvalue weighted by molar-refractivity contribution is -0.929. The third kappa shape index (κ3) is 2.63. The van der Waals surface area contributed by atoms with E-state index in [0.717, 1.165) is 0 Å². The van der Waals surface area contributed by atoms with E-state index in [2.05, 4.69) is 10.2 Å². The van der Waals surface area contributed by atoms with Gasteiger partial charge in [-0.1, -0.05) is 0 Å². The minimum Gasteiger partial charge on any atom is -0.320 e. The normalized spacial score (nSPS) is 14.1. The summed E-state index contributed by atoms with van der Waals surface area (Å²) in [5, 5.41) is 2.19. The quantitative estimate of drug-likeness (QED) is 0.335. The van der Waals surface area contributed by atoms with Crippen LogP contribution in [0, 0.1) is 0 Å². The van der Waals surface area contributed by atoms with Gasteiger partial charge in [0.1, 0.15) is 7.05 Å². The number of carbonyl (C=O) groups excluding carboxylic acids is 2. The van der Waals surface area contributed by atoms with E-state index in [1.165, 1.54) is 21.0 Å². The first-order valence-electron chi connectivity index (χ1n) is 3.43. The molecule has 0 aliphatic carbocycles. The van der Waals surface area contributed by atoms with Crippen LogP contribution in [0.2, 0.25) is 0 Å². The number of rotatable bonds is 0. The molecule has 0 aliphatic rings. The summed E-state index contributed by atoms with van der Waals surface area (Å²) in [6.07, 6.45) is -0.773. The van der Waals surface area contributed by atoms with Gasteiger partial charge in [0.05, 0.1) is 0 Å². The number of primary amides is 1. The fourth-order valence-electron chi connectivity index (χ4n) is 0.476. The molecule has 0 aliphatic heterocycles. The minimum absolute atomic E-state index is 0.149. The molecule has 0 bridgehead atoms. The zero-order chi connectivity index (χ0) is 10.6. The number of hydrogen-bond donors (Lipinski definition) is 2. The fourth-order valence-corrected chi connectivity index (χ4v) is 0.603. The molecule has 0 aromatic carbocycles. The predicted octanol–water partition coefficient (Wildman–Crippen LogP) is 0.130. The van der Waals surface area contributed by atoms with Crippen LogP contribution in [0.4, 0.5) is 9.59 Å². The van der Waals surface area contributed by atoms with E-state index in [0.29, 0.717) is 0 Å². The molecule has 0 heterocycles. The molecule has 7 heteroatoms. The van der Waals surface area contributed by atoms with E-state index in [1.54, 1.807) is 0 Å². The largest absolute Gasteiger partial charge is 0.463 e. The second kappa shape index (κ2) is 4.15. The van der Waals surface area contributed by atoms with Gasteiger partial charge in [0.25, 0.3) is 0 Å². The topological polar surface area (TPSA) is 81.4 Å². The number of carbonyl (C=O) groups is 2. The molecular weight excluding hydrogens is 194 g/mol. The first-order valence-corrected chi connectivity index (χ1v) is 3.84. The smallest absolute Gasteiger partial charge is 0.320 e. The Balaban J connectivity index is 4.72. The molecule has 0 fully saturated rings. The van der Waals surface area contributed by atoms with Crippen molar-refractivity contribution in [3.05, 3.63) is 0 Å². The fraction of sp³-hybridized carbons (Fsp3) is 0.500. The van der Waals surface area contributed by atoms with Gasteiger partial charge in [-0.05, 0) is 16.9 Å². The number of nitrogens with two attached hydrogens (primary N) is 1. The van der Waals surface area contributed by atoms with Crippen LogP contribution in [0.25, 0.3) is 0 Å². The molecule has 1 unspecified atom stereocenters. The van der Waals surface area contributed by atoms with Crippen LogP contribution in [-0.4, -0.2) is 35.9 Å². The highest BCUT2D eigenvalue weighted by atomic mass is 32.1. The van der Waals surface area contributed by atoms with E-state index >= 15 is 0 Å². The molecule has 3 amide bonds. The van der Waals surface area contributed by atoms with Crippen molar-refractivity contribution < 1.29 is 19.1 Å². The highest BCUT2D eigenvalue weighted by molar-refractivity contribution is 7.80.